The van der Waals surface area contributed by atoms with Crippen molar-refractivity contribution < 1.29 is 17.9 Å². The van der Waals surface area contributed by atoms with E-state index < -0.39 is 10.0 Å². The van der Waals surface area contributed by atoms with E-state index in [1.165, 1.54) is 12.1 Å². The number of hydrogen-bond acceptors (Lipinski definition) is 5. The fourth-order valence-corrected chi connectivity index (χ4v) is 4.02. The van der Waals surface area contributed by atoms with E-state index in [0.29, 0.717) is 44.2 Å². The van der Waals surface area contributed by atoms with Crippen LogP contribution in [0.25, 0.3) is 11.0 Å². The van der Waals surface area contributed by atoms with Crippen LogP contribution in [-0.4, -0.2) is 37.7 Å². The molecule has 2 aromatic heterocycles. The summed E-state index contributed by atoms with van der Waals surface area (Å²) >= 11 is 0. The van der Waals surface area contributed by atoms with Gasteiger partial charge >= 0.3 is 0 Å². The molecule has 7 nitrogen and oxygen atoms in total. The van der Waals surface area contributed by atoms with Crippen LogP contribution in [0.1, 0.15) is 6.42 Å². The molecule has 3 heterocycles. The molecule has 1 aliphatic heterocycles. The lowest BCUT2D eigenvalue weighted by atomic mass is 10.3. The Hall–Kier alpha value is -2.58. The first-order valence-electron chi connectivity index (χ1n) is 8.43. The number of benzene rings is 1. The number of hydrogen-bond donors (Lipinski definition) is 1. The lowest BCUT2D eigenvalue weighted by Gasteiger charge is -2.18. The van der Waals surface area contributed by atoms with Crippen LogP contribution in [0.3, 0.4) is 0 Å². The Kier molecular flexibility index (Phi) is 4.52. The number of rotatable bonds is 6. The highest BCUT2D eigenvalue weighted by molar-refractivity contribution is 7.89. The molecule has 0 radical (unpaired) electrons. The Labute approximate surface area is 151 Å². The van der Waals surface area contributed by atoms with Gasteiger partial charge in [-0.25, -0.2) is 18.1 Å². The first kappa shape index (κ1) is 16.9. The largest absolute Gasteiger partial charge is 0.486 e. The lowest BCUT2D eigenvalue weighted by molar-refractivity contribution is 0.171. The molecular formula is C18H19N3O4S. The van der Waals surface area contributed by atoms with Gasteiger partial charge in [0.2, 0.25) is 10.0 Å². The van der Waals surface area contributed by atoms with Gasteiger partial charge in [-0.3, -0.25) is 0 Å². The molecule has 0 atom stereocenters. The molecular weight excluding hydrogens is 354 g/mol. The van der Waals surface area contributed by atoms with Gasteiger partial charge in [0.25, 0.3) is 0 Å². The fraction of sp³-hybridized carbons (Fsp3) is 0.278. The van der Waals surface area contributed by atoms with Gasteiger partial charge in [-0.1, -0.05) is 0 Å². The van der Waals surface area contributed by atoms with E-state index in [1.54, 1.807) is 12.3 Å². The van der Waals surface area contributed by atoms with E-state index in [1.807, 2.05) is 29.0 Å². The van der Waals surface area contributed by atoms with Crippen LogP contribution in [0, 0.1) is 0 Å². The highest BCUT2D eigenvalue weighted by Gasteiger charge is 2.18. The number of aryl methyl sites for hydroxylation is 1. The Morgan fingerprint density at radius 2 is 1.96 bits per heavy atom. The molecule has 4 rings (SSSR count). The van der Waals surface area contributed by atoms with Gasteiger partial charge in [-0.05, 0) is 36.8 Å². The number of aromatic nitrogens is 2. The minimum Gasteiger partial charge on any atom is -0.486 e. The third kappa shape index (κ3) is 3.38. The maximum Gasteiger partial charge on any atom is 0.240 e. The minimum atomic E-state index is -3.59. The molecule has 1 aromatic carbocycles. The molecule has 0 unspecified atom stereocenters. The fourth-order valence-electron chi connectivity index (χ4n) is 2.93. The minimum absolute atomic E-state index is 0.176. The molecule has 0 fully saturated rings. The van der Waals surface area contributed by atoms with E-state index in [9.17, 15) is 8.42 Å². The maximum atomic E-state index is 12.5. The molecule has 0 bridgehead atoms. The summed E-state index contributed by atoms with van der Waals surface area (Å²) in [6, 6.07) is 10.6. The molecule has 1 N–H and O–H groups in total. The van der Waals surface area contributed by atoms with E-state index in [4.69, 9.17) is 9.47 Å². The molecule has 3 aromatic rings. The van der Waals surface area contributed by atoms with Gasteiger partial charge in [0.15, 0.2) is 11.5 Å². The zero-order chi connectivity index (χ0) is 18.0. The monoisotopic (exact) mass is 373 g/mol. The molecule has 26 heavy (non-hydrogen) atoms. The Morgan fingerprint density at radius 1 is 1.12 bits per heavy atom. The highest BCUT2D eigenvalue weighted by atomic mass is 32.2. The van der Waals surface area contributed by atoms with Gasteiger partial charge < -0.3 is 14.0 Å². The lowest BCUT2D eigenvalue weighted by Crippen LogP contribution is -2.26. The van der Waals surface area contributed by atoms with Gasteiger partial charge in [0.05, 0.1) is 4.90 Å². The first-order chi connectivity index (χ1) is 12.6. The zero-order valence-corrected chi connectivity index (χ0v) is 14.9. The van der Waals surface area contributed by atoms with Crippen molar-refractivity contribution >= 4 is 21.1 Å². The summed E-state index contributed by atoms with van der Waals surface area (Å²) in [6.45, 7) is 1.91. The summed E-state index contributed by atoms with van der Waals surface area (Å²) in [5, 5.41) is 1.07. The quantitative estimate of drug-likeness (QED) is 0.670. The van der Waals surface area contributed by atoms with Crippen molar-refractivity contribution in [2.75, 3.05) is 19.8 Å². The average Bonchev–Trinajstić information content (AvgIpc) is 3.08. The van der Waals surface area contributed by atoms with E-state index in [2.05, 4.69) is 9.71 Å². The number of pyridine rings is 1. The topological polar surface area (TPSA) is 82.5 Å². The number of sulfonamides is 1. The molecule has 0 spiro atoms. The van der Waals surface area contributed by atoms with Crippen LogP contribution in [-0.2, 0) is 16.6 Å². The second-order valence-electron chi connectivity index (χ2n) is 5.98. The van der Waals surface area contributed by atoms with Crippen LogP contribution < -0.4 is 14.2 Å². The highest BCUT2D eigenvalue weighted by Crippen LogP contribution is 2.32. The maximum absolute atomic E-state index is 12.5. The summed E-state index contributed by atoms with van der Waals surface area (Å²) < 4.78 is 40.5. The van der Waals surface area contributed by atoms with Gasteiger partial charge in [0.1, 0.15) is 18.9 Å². The van der Waals surface area contributed by atoms with Crippen LogP contribution in [0.5, 0.6) is 11.5 Å². The molecule has 1 aliphatic rings. The SMILES string of the molecule is O=S(=O)(NCCCn1ccc2cccnc21)c1ccc2c(c1)OCCO2. The Balaban J connectivity index is 1.38. The predicted octanol–water partition coefficient (Wildman–Crippen LogP) is 2.18. The summed E-state index contributed by atoms with van der Waals surface area (Å²) in [7, 11) is -3.59. The van der Waals surface area contributed by atoms with Crippen molar-refractivity contribution in [3.8, 4) is 11.5 Å². The number of fused-ring (bicyclic) bond motifs is 2. The summed E-state index contributed by atoms with van der Waals surface area (Å²) in [5.74, 6) is 1.03. The summed E-state index contributed by atoms with van der Waals surface area (Å²) in [5.41, 5.74) is 0.905. The van der Waals surface area contributed by atoms with Crippen molar-refractivity contribution in [3.05, 3.63) is 48.8 Å². The van der Waals surface area contributed by atoms with Crippen LogP contribution in [0.4, 0.5) is 0 Å². The van der Waals surface area contributed by atoms with Crippen LogP contribution in [0.2, 0.25) is 0 Å². The van der Waals surface area contributed by atoms with Crippen molar-refractivity contribution in [2.45, 2.75) is 17.9 Å². The molecule has 0 saturated carbocycles. The predicted molar refractivity (Wildman–Crippen MR) is 97.0 cm³/mol. The number of nitrogens with one attached hydrogen (secondary N) is 1. The molecule has 8 heteroatoms. The molecule has 0 aliphatic carbocycles. The molecule has 0 saturated heterocycles. The van der Waals surface area contributed by atoms with E-state index >= 15 is 0 Å². The second-order valence-corrected chi connectivity index (χ2v) is 7.75. The van der Waals surface area contributed by atoms with Gasteiger partial charge in [-0.15, -0.1) is 0 Å². The summed E-state index contributed by atoms with van der Waals surface area (Å²) in [6.07, 6.45) is 4.38. The molecule has 0 amide bonds. The Bertz CT molecular complexity index is 1030. The molecule has 136 valence electrons. The van der Waals surface area contributed by atoms with Crippen molar-refractivity contribution in [2.24, 2.45) is 0 Å². The Morgan fingerprint density at radius 3 is 2.85 bits per heavy atom. The van der Waals surface area contributed by atoms with Crippen molar-refractivity contribution in [1.82, 2.24) is 14.3 Å². The zero-order valence-electron chi connectivity index (χ0n) is 14.1. The van der Waals surface area contributed by atoms with Gasteiger partial charge in [0, 0.05) is 36.9 Å². The third-order valence-electron chi connectivity index (χ3n) is 4.21. The van der Waals surface area contributed by atoms with Crippen molar-refractivity contribution in [1.29, 1.82) is 0 Å². The number of ether oxygens (including phenoxy) is 2. The summed E-state index contributed by atoms with van der Waals surface area (Å²) in [4.78, 5) is 4.53. The van der Waals surface area contributed by atoms with E-state index in [0.717, 1.165) is 11.0 Å². The third-order valence-corrected chi connectivity index (χ3v) is 5.67. The van der Waals surface area contributed by atoms with Crippen LogP contribution >= 0.6 is 0 Å². The second kappa shape index (κ2) is 6.97. The van der Waals surface area contributed by atoms with Crippen LogP contribution in [0.15, 0.2) is 53.7 Å². The van der Waals surface area contributed by atoms with Gasteiger partial charge in [-0.2, -0.15) is 0 Å². The standard InChI is InChI=1S/C18H19N3O4S/c22-26(23,15-4-5-16-17(13-15)25-12-11-24-16)20-8-2-9-21-10-6-14-3-1-7-19-18(14)21/h1,3-7,10,13,20H,2,8-9,11-12H2. The van der Waals surface area contributed by atoms with Crippen molar-refractivity contribution in [3.63, 3.8) is 0 Å². The number of nitrogens with zero attached hydrogens (tertiary/aromatic N) is 2. The first-order valence-corrected chi connectivity index (χ1v) is 9.91. The smallest absolute Gasteiger partial charge is 0.240 e. The normalized spacial score (nSPS) is 13.8. The average molecular weight is 373 g/mol. The van der Waals surface area contributed by atoms with E-state index in [-0.39, 0.29) is 4.90 Å².